The first kappa shape index (κ1) is 35.1. The molecule has 3 heteroatoms. The van der Waals surface area contributed by atoms with Gasteiger partial charge in [-0.2, -0.15) is 0 Å². The van der Waals surface area contributed by atoms with E-state index >= 15 is 0 Å². The number of benzene rings is 5. The SMILES string of the molecule is CCCCc1cc(CCc2ccc(CCCSc3cccc4ccccc34)cc2)cc([P+](CCCC)(c2ccccc2)c2ccccc2)n1. The molecule has 0 atom stereocenters. The zero-order valence-corrected chi connectivity index (χ0v) is 31.1. The van der Waals surface area contributed by atoms with Gasteiger partial charge in [-0.05, 0) is 115 Å². The van der Waals surface area contributed by atoms with Gasteiger partial charge in [-0.15, -0.1) is 11.8 Å². The standard InChI is InChI=1S/C46H51NPS/c1-3-5-20-41-35-39(36-46(47-41)48(33-6-4-2,42-21-9-7-10-22-42)43-23-11-8-12-24-43)32-31-38-29-27-37(28-30-38)17-16-34-49-45-26-15-19-40-18-13-14-25-44(40)45/h7-15,18-19,21-30,35-36H,3-6,16-17,20,31-34H2,1-2H3/q+1. The van der Waals surface area contributed by atoms with Gasteiger partial charge >= 0.3 is 0 Å². The van der Waals surface area contributed by atoms with E-state index in [1.54, 1.807) is 0 Å². The number of pyridine rings is 1. The van der Waals surface area contributed by atoms with Crippen LogP contribution in [0.25, 0.3) is 10.8 Å². The predicted molar refractivity (Wildman–Crippen MR) is 218 cm³/mol. The fraction of sp³-hybridized carbons (Fsp3) is 0.283. The predicted octanol–water partition coefficient (Wildman–Crippen LogP) is 11.2. The van der Waals surface area contributed by atoms with E-state index < -0.39 is 7.26 Å². The van der Waals surface area contributed by atoms with Crippen LogP contribution in [0.4, 0.5) is 0 Å². The number of unbranched alkanes of at least 4 members (excludes halogenated alkanes) is 2. The lowest BCUT2D eigenvalue weighted by Crippen LogP contribution is -2.35. The Hall–Kier alpha value is -3.71. The Morgan fingerprint density at radius 2 is 1.14 bits per heavy atom. The zero-order chi connectivity index (χ0) is 33.7. The maximum absolute atomic E-state index is 5.53. The third kappa shape index (κ3) is 8.91. The molecule has 6 rings (SSSR count). The number of nitrogens with zero attached hydrogens (tertiary/aromatic N) is 1. The summed E-state index contributed by atoms with van der Waals surface area (Å²) < 4.78 is 0. The van der Waals surface area contributed by atoms with Crippen molar-refractivity contribution in [2.75, 3.05) is 11.9 Å². The lowest BCUT2D eigenvalue weighted by atomic mass is 10.0. The highest BCUT2D eigenvalue weighted by Crippen LogP contribution is 2.55. The van der Waals surface area contributed by atoms with E-state index in [1.165, 1.54) is 86.2 Å². The fourth-order valence-electron chi connectivity index (χ4n) is 6.95. The van der Waals surface area contributed by atoms with Crippen LogP contribution in [-0.4, -0.2) is 16.9 Å². The Kier molecular flexibility index (Phi) is 12.8. The van der Waals surface area contributed by atoms with Gasteiger partial charge in [-0.1, -0.05) is 124 Å². The molecule has 0 saturated carbocycles. The van der Waals surface area contributed by atoms with Crippen LogP contribution < -0.4 is 16.0 Å². The Bertz CT molecular complexity index is 1840. The van der Waals surface area contributed by atoms with E-state index in [0.29, 0.717) is 0 Å². The smallest absolute Gasteiger partial charge is 0.193 e. The van der Waals surface area contributed by atoms with Crippen LogP contribution in [0.2, 0.25) is 0 Å². The van der Waals surface area contributed by atoms with E-state index in [2.05, 4.69) is 153 Å². The summed E-state index contributed by atoms with van der Waals surface area (Å²) in [5, 5.41) is 5.60. The molecule has 1 heterocycles. The topological polar surface area (TPSA) is 12.9 Å². The Labute approximate surface area is 300 Å². The van der Waals surface area contributed by atoms with Crippen molar-refractivity contribution in [3.63, 3.8) is 0 Å². The molecule has 0 spiro atoms. The van der Waals surface area contributed by atoms with E-state index in [-0.39, 0.29) is 0 Å². The average molecular weight is 681 g/mol. The molecule has 0 N–H and O–H groups in total. The second-order valence-electron chi connectivity index (χ2n) is 13.2. The maximum Gasteiger partial charge on any atom is 0.193 e. The van der Waals surface area contributed by atoms with Crippen molar-refractivity contribution in [3.8, 4) is 0 Å². The first-order chi connectivity index (χ1) is 24.2. The van der Waals surface area contributed by atoms with Gasteiger partial charge in [0.05, 0.1) is 6.16 Å². The van der Waals surface area contributed by atoms with Crippen LogP contribution in [-0.2, 0) is 25.7 Å². The molecule has 0 fully saturated rings. The van der Waals surface area contributed by atoms with Gasteiger partial charge in [-0.25, -0.2) is 4.98 Å². The molecule has 5 aromatic carbocycles. The minimum absolute atomic E-state index is 1.03. The summed E-state index contributed by atoms with van der Waals surface area (Å²) in [6.45, 7) is 4.60. The van der Waals surface area contributed by atoms with Crippen LogP contribution in [0.1, 0.15) is 68.3 Å². The summed E-state index contributed by atoms with van der Waals surface area (Å²) in [4.78, 5) is 6.92. The summed E-state index contributed by atoms with van der Waals surface area (Å²) in [5.41, 5.74) is 6.86. The summed E-state index contributed by atoms with van der Waals surface area (Å²) >= 11 is 1.99. The highest BCUT2D eigenvalue weighted by molar-refractivity contribution is 7.99. The highest BCUT2D eigenvalue weighted by Gasteiger charge is 2.46. The lowest BCUT2D eigenvalue weighted by molar-refractivity contribution is 0.776. The first-order valence-electron chi connectivity index (χ1n) is 18.4. The number of thioether (sulfide) groups is 1. The Morgan fingerprint density at radius 1 is 0.531 bits per heavy atom. The molecular formula is C46H51NPS+. The molecule has 6 aromatic rings. The fourth-order valence-corrected chi connectivity index (χ4v) is 12.4. The van der Waals surface area contributed by atoms with Gasteiger partial charge < -0.3 is 0 Å². The second-order valence-corrected chi connectivity index (χ2v) is 17.9. The van der Waals surface area contributed by atoms with Crippen LogP contribution in [0.5, 0.6) is 0 Å². The minimum atomic E-state index is -1.92. The monoisotopic (exact) mass is 680 g/mol. The van der Waals surface area contributed by atoms with Gasteiger partial charge in [0.2, 0.25) is 0 Å². The van der Waals surface area contributed by atoms with E-state index in [1.807, 2.05) is 11.8 Å². The molecule has 250 valence electrons. The Balaban J connectivity index is 1.18. The van der Waals surface area contributed by atoms with Crippen LogP contribution in [0, 0.1) is 0 Å². The molecule has 0 unspecified atom stereocenters. The molecular weight excluding hydrogens is 630 g/mol. The van der Waals surface area contributed by atoms with Gasteiger partial charge in [0, 0.05) is 16.7 Å². The summed E-state index contributed by atoms with van der Waals surface area (Å²) in [6.07, 6.45) is 11.3. The molecule has 0 aliphatic rings. The summed E-state index contributed by atoms with van der Waals surface area (Å²) in [5.74, 6) is 1.13. The molecule has 0 amide bonds. The normalized spacial score (nSPS) is 11.6. The molecule has 0 aliphatic carbocycles. The van der Waals surface area contributed by atoms with Crippen LogP contribution in [0.3, 0.4) is 0 Å². The minimum Gasteiger partial charge on any atom is -0.218 e. The molecule has 0 aliphatic heterocycles. The number of fused-ring (bicyclic) bond motifs is 1. The van der Waals surface area contributed by atoms with E-state index in [4.69, 9.17) is 4.98 Å². The van der Waals surface area contributed by atoms with E-state index in [9.17, 15) is 0 Å². The summed E-state index contributed by atoms with van der Waals surface area (Å²) in [7, 11) is -1.92. The van der Waals surface area contributed by atoms with Crippen molar-refractivity contribution < 1.29 is 0 Å². The van der Waals surface area contributed by atoms with Gasteiger partial charge in [0.1, 0.15) is 17.9 Å². The van der Waals surface area contributed by atoms with Gasteiger partial charge in [0.15, 0.2) is 5.44 Å². The quantitative estimate of drug-likeness (QED) is 0.0540. The van der Waals surface area contributed by atoms with Crippen molar-refractivity contribution in [2.45, 2.75) is 76.5 Å². The van der Waals surface area contributed by atoms with Crippen molar-refractivity contribution >= 4 is 45.8 Å². The molecule has 0 saturated heterocycles. The molecule has 1 aromatic heterocycles. The lowest BCUT2D eigenvalue weighted by Gasteiger charge is -2.27. The summed E-state index contributed by atoms with van der Waals surface area (Å²) in [6, 6.07) is 52.3. The largest absolute Gasteiger partial charge is 0.218 e. The zero-order valence-electron chi connectivity index (χ0n) is 29.4. The van der Waals surface area contributed by atoms with Crippen molar-refractivity contribution in [1.82, 2.24) is 4.98 Å². The van der Waals surface area contributed by atoms with Crippen molar-refractivity contribution in [1.29, 1.82) is 0 Å². The maximum atomic E-state index is 5.53. The average Bonchev–Trinajstić information content (AvgIpc) is 3.16. The van der Waals surface area contributed by atoms with Crippen LogP contribution >= 0.6 is 19.0 Å². The third-order valence-corrected chi connectivity index (χ3v) is 15.2. The van der Waals surface area contributed by atoms with Crippen molar-refractivity contribution in [3.05, 3.63) is 162 Å². The number of rotatable bonds is 17. The number of hydrogen-bond acceptors (Lipinski definition) is 2. The third-order valence-electron chi connectivity index (χ3n) is 9.69. The molecule has 49 heavy (non-hydrogen) atoms. The number of aryl methyl sites for hydroxylation is 4. The molecule has 0 bridgehead atoms. The van der Waals surface area contributed by atoms with Gasteiger partial charge in [0.25, 0.3) is 0 Å². The highest BCUT2D eigenvalue weighted by atomic mass is 32.2. The second kappa shape index (κ2) is 17.8. The van der Waals surface area contributed by atoms with E-state index in [0.717, 1.165) is 37.6 Å². The first-order valence-corrected chi connectivity index (χ1v) is 21.3. The Morgan fingerprint density at radius 3 is 1.84 bits per heavy atom. The van der Waals surface area contributed by atoms with Gasteiger partial charge in [-0.3, -0.25) is 0 Å². The van der Waals surface area contributed by atoms with Crippen molar-refractivity contribution in [2.24, 2.45) is 0 Å². The molecule has 0 radical (unpaired) electrons. The molecule has 1 nitrogen and oxygen atoms in total. The van der Waals surface area contributed by atoms with Crippen LogP contribution in [0.15, 0.2) is 144 Å². The number of hydrogen-bond donors (Lipinski definition) is 0. The number of aromatic nitrogens is 1.